The van der Waals surface area contributed by atoms with Crippen molar-refractivity contribution in [1.82, 2.24) is 10.2 Å². The lowest BCUT2D eigenvalue weighted by molar-refractivity contribution is 0.0252. The van der Waals surface area contributed by atoms with Crippen LogP contribution in [0.5, 0.6) is 0 Å². The average molecular weight is 414 g/mol. The smallest absolute Gasteiger partial charge is 0.339 e. The number of nitrogens with zero attached hydrogens (tertiary/aromatic N) is 2. The number of aryl methyl sites for hydroxylation is 1. The number of carbonyl (C=O) groups excluding carboxylic acids is 2. The minimum atomic E-state index is -0.411. The van der Waals surface area contributed by atoms with Crippen molar-refractivity contribution in [1.29, 1.82) is 0 Å². The van der Waals surface area contributed by atoms with Gasteiger partial charge < -0.3 is 4.74 Å². The molecule has 0 saturated heterocycles. The number of esters is 1. The van der Waals surface area contributed by atoms with E-state index in [-0.39, 0.29) is 5.91 Å². The SMILES string of the molecule is CCc1nnc(NC(=O)c2ccc3c(c2)CC(c2ccc(Cl)cc2)OC3=O)s1. The largest absolute Gasteiger partial charge is 0.454 e. The van der Waals surface area contributed by atoms with E-state index in [1.54, 1.807) is 30.3 Å². The van der Waals surface area contributed by atoms with Crippen molar-refractivity contribution in [2.45, 2.75) is 25.9 Å². The summed E-state index contributed by atoms with van der Waals surface area (Å²) in [7, 11) is 0. The Morgan fingerprint density at radius 3 is 2.75 bits per heavy atom. The average Bonchev–Trinajstić information content (AvgIpc) is 3.15. The van der Waals surface area contributed by atoms with Crippen LogP contribution in [0.25, 0.3) is 0 Å². The second-order valence-corrected chi connectivity index (χ2v) is 7.83. The molecule has 0 aliphatic carbocycles. The molecule has 0 radical (unpaired) electrons. The van der Waals surface area contributed by atoms with E-state index in [1.165, 1.54) is 11.3 Å². The summed E-state index contributed by atoms with van der Waals surface area (Å²) in [5.74, 6) is -0.687. The number of anilines is 1. The van der Waals surface area contributed by atoms with Gasteiger partial charge in [-0.05, 0) is 47.9 Å². The molecule has 142 valence electrons. The fraction of sp³-hybridized carbons (Fsp3) is 0.200. The van der Waals surface area contributed by atoms with Gasteiger partial charge in [-0.2, -0.15) is 0 Å². The number of hydrogen-bond acceptors (Lipinski definition) is 6. The predicted molar refractivity (Wildman–Crippen MR) is 107 cm³/mol. The van der Waals surface area contributed by atoms with Crippen LogP contribution >= 0.6 is 22.9 Å². The fourth-order valence-electron chi connectivity index (χ4n) is 3.02. The molecule has 4 rings (SSSR count). The number of cyclic esters (lactones) is 1. The minimum absolute atomic E-state index is 0.288. The summed E-state index contributed by atoms with van der Waals surface area (Å²) >= 11 is 7.28. The molecule has 1 aliphatic rings. The molecule has 28 heavy (non-hydrogen) atoms. The second kappa shape index (κ2) is 7.69. The first-order valence-electron chi connectivity index (χ1n) is 8.76. The summed E-state index contributed by atoms with van der Waals surface area (Å²) in [4.78, 5) is 24.9. The molecule has 1 unspecified atom stereocenters. The third-order valence-electron chi connectivity index (χ3n) is 4.47. The molecule has 0 fully saturated rings. The van der Waals surface area contributed by atoms with Crippen LogP contribution in [0.1, 0.15) is 49.9 Å². The Bertz CT molecular complexity index is 1050. The van der Waals surface area contributed by atoms with Crippen molar-refractivity contribution in [3.05, 3.63) is 74.7 Å². The van der Waals surface area contributed by atoms with Crippen molar-refractivity contribution >= 4 is 39.9 Å². The second-order valence-electron chi connectivity index (χ2n) is 6.33. The number of ether oxygens (including phenoxy) is 1. The lowest BCUT2D eigenvalue weighted by Crippen LogP contribution is -2.23. The summed E-state index contributed by atoms with van der Waals surface area (Å²) in [5.41, 5.74) is 2.57. The Balaban J connectivity index is 1.56. The number of halogens is 1. The summed E-state index contributed by atoms with van der Waals surface area (Å²) in [6.07, 6.45) is 0.842. The summed E-state index contributed by atoms with van der Waals surface area (Å²) in [6, 6.07) is 12.2. The first-order chi connectivity index (χ1) is 13.5. The topological polar surface area (TPSA) is 81.2 Å². The van der Waals surface area contributed by atoms with E-state index in [9.17, 15) is 9.59 Å². The normalized spacial score (nSPS) is 15.6. The zero-order chi connectivity index (χ0) is 19.7. The highest BCUT2D eigenvalue weighted by atomic mass is 35.5. The van der Waals surface area contributed by atoms with Gasteiger partial charge in [0.25, 0.3) is 5.91 Å². The quantitative estimate of drug-likeness (QED) is 0.638. The van der Waals surface area contributed by atoms with Gasteiger partial charge in [0.1, 0.15) is 11.1 Å². The number of nitrogens with one attached hydrogen (secondary N) is 1. The highest BCUT2D eigenvalue weighted by Gasteiger charge is 2.28. The van der Waals surface area contributed by atoms with Crippen molar-refractivity contribution in [2.75, 3.05) is 5.32 Å². The van der Waals surface area contributed by atoms with E-state index in [1.807, 2.05) is 19.1 Å². The summed E-state index contributed by atoms with van der Waals surface area (Å²) < 4.78 is 5.55. The van der Waals surface area contributed by atoms with E-state index in [0.29, 0.717) is 27.7 Å². The van der Waals surface area contributed by atoms with Gasteiger partial charge in [0, 0.05) is 17.0 Å². The molecular formula is C20H16ClN3O3S. The van der Waals surface area contributed by atoms with Gasteiger partial charge in [0.15, 0.2) is 0 Å². The zero-order valence-electron chi connectivity index (χ0n) is 14.9. The van der Waals surface area contributed by atoms with E-state index in [2.05, 4.69) is 15.5 Å². The van der Waals surface area contributed by atoms with Crippen LogP contribution in [0, 0.1) is 0 Å². The summed E-state index contributed by atoms with van der Waals surface area (Å²) in [5, 5.41) is 12.6. The molecule has 2 aromatic carbocycles. The van der Waals surface area contributed by atoms with Gasteiger partial charge in [-0.15, -0.1) is 10.2 Å². The highest BCUT2D eigenvalue weighted by molar-refractivity contribution is 7.15. The molecule has 3 aromatic rings. The molecule has 1 atom stereocenters. The van der Waals surface area contributed by atoms with Gasteiger partial charge in [-0.3, -0.25) is 10.1 Å². The fourth-order valence-corrected chi connectivity index (χ4v) is 3.82. The first kappa shape index (κ1) is 18.6. The van der Waals surface area contributed by atoms with Crippen LogP contribution < -0.4 is 5.32 Å². The van der Waals surface area contributed by atoms with Gasteiger partial charge in [-0.25, -0.2) is 4.79 Å². The predicted octanol–water partition coefficient (Wildman–Crippen LogP) is 4.46. The molecule has 1 amide bonds. The van der Waals surface area contributed by atoms with Crippen molar-refractivity contribution in [2.24, 2.45) is 0 Å². The van der Waals surface area contributed by atoms with Gasteiger partial charge in [0.05, 0.1) is 5.56 Å². The van der Waals surface area contributed by atoms with Gasteiger partial charge in [-0.1, -0.05) is 42.0 Å². The lowest BCUT2D eigenvalue weighted by atomic mass is 9.93. The minimum Gasteiger partial charge on any atom is -0.454 e. The number of aromatic nitrogens is 2. The van der Waals surface area contributed by atoms with Crippen molar-refractivity contribution < 1.29 is 14.3 Å². The van der Waals surface area contributed by atoms with Crippen LogP contribution in [-0.2, 0) is 17.6 Å². The lowest BCUT2D eigenvalue weighted by Gasteiger charge is -2.25. The molecule has 0 bridgehead atoms. The maximum Gasteiger partial charge on any atom is 0.339 e. The monoisotopic (exact) mass is 413 g/mol. The Morgan fingerprint density at radius 1 is 1.25 bits per heavy atom. The van der Waals surface area contributed by atoms with Crippen molar-refractivity contribution in [3.8, 4) is 0 Å². The number of amides is 1. The summed E-state index contributed by atoms with van der Waals surface area (Å²) in [6.45, 7) is 1.98. The Labute approximate surface area is 170 Å². The van der Waals surface area contributed by atoms with Crippen LogP contribution in [0.4, 0.5) is 5.13 Å². The number of hydrogen-bond donors (Lipinski definition) is 1. The first-order valence-corrected chi connectivity index (χ1v) is 9.96. The zero-order valence-corrected chi connectivity index (χ0v) is 16.5. The van der Waals surface area contributed by atoms with Crippen LogP contribution in [0.15, 0.2) is 42.5 Å². The maximum atomic E-state index is 12.6. The standard InChI is InChI=1S/C20H16ClN3O3S/c1-2-17-23-24-20(28-17)22-18(25)12-5-8-15-13(9-12)10-16(27-19(15)26)11-3-6-14(21)7-4-11/h3-9,16H,2,10H2,1H3,(H,22,24,25). The Hall–Kier alpha value is -2.77. The van der Waals surface area contributed by atoms with E-state index < -0.39 is 12.1 Å². The van der Waals surface area contributed by atoms with E-state index >= 15 is 0 Å². The maximum absolute atomic E-state index is 12.6. The number of fused-ring (bicyclic) bond motifs is 1. The number of rotatable bonds is 4. The third kappa shape index (κ3) is 3.76. The van der Waals surface area contributed by atoms with Crippen LogP contribution in [0.3, 0.4) is 0 Å². The Morgan fingerprint density at radius 2 is 2.04 bits per heavy atom. The van der Waals surface area contributed by atoms with Crippen LogP contribution in [0.2, 0.25) is 5.02 Å². The molecule has 1 aliphatic heterocycles. The molecule has 2 heterocycles. The molecular weight excluding hydrogens is 398 g/mol. The van der Waals surface area contributed by atoms with E-state index in [4.69, 9.17) is 16.3 Å². The number of carbonyl (C=O) groups is 2. The van der Waals surface area contributed by atoms with Gasteiger partial charge in [0.2, 0.25) is 5.13 Å². The number of benzene rings is 2. The molecule has 0 spiro atoms. The molecule has 1 aromatic heterocycles. The molecule has 0 saturated carbocycles. The van der Waals surface area contributed by atoms with Crippen molar-refractivity contribution in [3.63, 3.8) is 0 Å². The Kier molecular flexibility index (Phi) is 5.11. The molecule has 8 heteroatoms. The van der Waals surface area contributed by atoms with Gasteiger partial charge >= 0.3 is 5.97 Å². The third-order valence-corrected chi connectivity index (χ3v) is 5.71. The highest BCUT2D eigenvalue weighted by Crippen LogP contribution is 2.32. The van der Waals surface area contributed by atoms with E-state index in [0.717, 1.165) is 22.6 Å². The van der Waals surface area contributed by atoms with Crippen LogP contribution in [-0.4, -0.2) is 22.1 Å². The molecule has 6 nitrogen and oxygen atoms in total. The molecule has 1 N–H and O–H groups in total.